The Kier molecular flexibility index (Phi) is 5.14. The lowest BCUT2D eigenvalue weighted by Crippen LogP contribution is -2.52. The van der Waals surface area contributed by atoms with Crippen molar-refractivity contribution in [2.24, 2.45) is 10.9 Å². The van der Waals surface area contributed by atoms with E-state index in [0.29, 0.717) is 28.7 Å². The lowest BCUT2D eigenvalue weighted by molar-refractivity contribution is 0.183. The van der Waals surface area contributed by atoms with Crippen LogP contribution in [0, 0.1) is 0 Å². The lowest BCUT2D eigenvalue weighted by Gasteiger charge is -2.34. The number of halogens is 2. The highest BCUT2D eigenvalue weighted by molar-refractivity contribution is 6.35. The summed E-state index contributed by atoms with van der Waals surface area (Å²) in [5.41, 5.74) is 6.15. The molecule has 1 unspecified atom stereocenters. The summed E-state index contributed by atoms with van der Waals surface area (Å²) in [6.07, 6.45) is 2.46. The van der Waals surface area contributed by atoms with Crippen LogP contribution in [0.4, 0.5) is 10.5 Å². The molecule has 1 aliphatic heterocycles. The average molecular weight is 331 g/mol. The third kappa shape index (κ3) is 3.92. The molecule has 0 spiro atoms. The quantitative estimate of drug-likeness (QED) is 0.336. The molecule has 1 heterocycles. The Bertz CT molecular complexity index is 545. The number of piperidine rings is 1. The number of nitrogens with two attached hydrogens (primary N) is 1. The molecule has 114 valence electrons. The predicted octanol–water partition coefficient (Wildman–Crippen LogP) is 3.13. The molecule has 1 atom stereocenters. The topological polar surface area (TPSA) is 91.0 Å². The number of benzene rings is 1. The van der Waals surface area contributed by atoms with Crippen LogP contribution in [0.3, 0.4) is 0 Å². The summed E-state index contributed by atoms with van der Waals surface area (Å²) in [6.45, 7) is 0.543. The number of carbonyl (C=O) groups excluding carboxylic acids is 1. The van der Waals surface area contributed by atoms with E-state index in [1.165, 1.54) is 0 Å². The molecule has 0 aromatic heterocycles. The number of anilines is 1. The first kappa shape index (κ1) is 15.7. The fourth-order valence-corrected chi connectivity index (χ4v) is 2.90. The number of rotatable bonds is 2. The number of nitrogens with one attached hydrogen (secondary N) is 1. The van der Waals surface area contributed by atoms with E-state index >= 15 is 0 Å². The van der Waals surface area contributed by atoms with Gasteiger partial charge in [-0.1, -0.05) is 28.4 Å². The standard InChI is InChI=1S/C13H16Cl2N4O2/c14-8-5-9(15)7-10(6-8)17-13(20)19-4-2-1-3-11(19)12(16)18-21/h5-7,11,21H,1-4H2,(H2,16,18)(H,17,20). The van der Waals surface area contributed by atoms with Crippen LogP contribution >= 0.6 is 23.2 Å². The van der Waals surface area contributed by atoms with Gasteiger partial charge in [-0.25, -0.2) is 4.79 Å². The van der Waals surface area contributed by atoms with Crippen molar-refractivity contribution in [1.82, 2.24) is 4.90 Å². The molecule has 0 saturated carbocycles. The van der Waals surface area contributed by atoms with E-state index in [1.54, 1.807) is 23.1 Å². The van der Waals surface area contributed by atoms with Gasteiger partial charge in [0.15, 0.2) is 5.84 Å². The molecule has 21 heavy (non-hydrogen) atoms. The number of urea groups is 1. The summed E-state index contributed by atoms with van der Waals surface area (Å²) >= 11 is 11.8. The maximum Gasteiger partial charge on any atom is 0.322 e. The summed E-state index contributed by atoms with van der Waals surface area (Å²) in [4.78, 5) is 13.9. The number of hydrogen-bond donors (Lipinski definition) is 3. The van der Waals surface area contributed by atoms with Gasteiger partial charge in [0, 0.05) is 22.3 Å². The van der Waals surface area contributed by atoms with Gasteiger partial charge in [0.25, 0.3) is 0 Å². The second-order valence-corrected chi connectivity index (χ2v) is 5.69. The van der Waals surface area contributed by atoms with E-state index in [0.717, 1.165) is 12.8 Å². The van der Waals surface area contributed by atoms with E-state index in [-0.39, 0.29) is 11.9 Å². The fourth-order valence-electron chi connectivity index (χ4n) is 2.37. The number of oxime groups is 1. The maximum absolute atomic E-state index is 12.4. The smallest absolute Gasteiger partial charge is 0.322 e. The number of amidine groups is 1. The molecule has 1 fully saturated rings. The van der Waals surface area contributed by atoms with Crippen molar-refractivity contribution in [1.29, 1.82) is 0 Å². The van der Waals surface area contributed by atoms with Crippen molar-refractivity contribution in [2.75, 3.05) is 11.9 Å². The Morgan fingerprint density at radius 2 is 2.00 bits per heavy atom. The van der Waals surface area contributed by atoms with E-state index in [1.807, 2.05) is 0 Å². The first-order valence-corrected chi connectivity index (χ1v) is 7.28. The van der Waals surface area contributed by atoms with E-state index in [2.05, 4.69) is 10.5 Å². The predicted molar refractivity (Wildman–Crippen MR) is 83.2 cm³/mol. The third-order valence-electron chi connectivity index (χ3n) is 3.33. The van der Waals surface area contributed by atoms with Crippen molar-refractivity contribution in [2.45, 2.75) is 25.3 Å². The Morgan fingerprint density at radius 1 is 1.33 bits per heavy atom. The molecule has 4 N–H and O–H groups in total. The molecule has 8 heteroatoms. The Labute approximate surface area is 132 Å². The molecule has 0 bridgehead atoms. The van der Waals surface area contributed by atoms with Gasteiger partial charge in [-0.3, -0.25) is 0 Å². The van der Waals surface area contributed by atoms with Crippen molar-refractivity contribution < 1.29 is 10.0 Å². The zero-order chi connectivity index (χ0) is 15.4. The minimum Gasteiger partial charge on any atom is -0.409 e. The Balaban J connectivity index is 2.13. The summed E-state index contributed by atoms with van der Waals surface area (Å²) in [6, 6.07) is 4.06. The van der Waals surface area contributed by atoms with Crippen LogP contribution in [0.1, 0.15) is 19.3 Å². The highest BCUT2D eigenvalue weighted by atomic mass is 35.5. The molecule has 0 radical (unpaired) electrons. The van der Waals surface area contributed by atoms with Crippen molar-refractivity contribution in [3.63, 3.8) is 0 Å². The molecule has 1 aromatic rings. The zero-order valence-electron chi connectivity index (χ0n) is 11.2. The van der Waals surface area contributed by atoms with Crippen LogP contribution < -0.4 is 11.1 Å². The molecule has 0 aliphatic carbocycles. The molecule has 1 aromatic carbocycles. The van der Waals surface area contributed by atoms with Crippen molar-refractivity contribution in [3.8, 4) is 0 Å². The molecular weight excluding hydrogens is 315 g/mol. The minimum atomic E-state index is -0.404. The maximum atomic E-state index is 12.4. The van der Waals surface area contributed by atoms with Gasteiger partial charge in [0.1, 0.15) is 0 Å². The number of likely N-dealkylation sites (tertiary alicyclic amines) is 1. The van der Waals surface area contributed by atoms with Gasteiger partial charge >= 0.3 is 6.03 Å². The van der Waals surface area contributed by atoms with Gasteiger partial charge in [-0.05, 0) is 37.5 Å². The van der Waals surface area contributed by atoms with E-state index < -0.39 is 6.04 Å². The van der Waals surface area contributed by atoms with Gasteiger partial charge in [-0.15, -0.1) is 0 Å². The first-order chi connectivity index (χ1) is 10.0. The largest absolute Gasteiger partial charge is 0.409 e. The number of hydrogen-bond acceptors (Lipinski definition) is 3. The van der Waals surface area contributed by atoms with Crippen molar-refractivity contribution in [3.05, 3.63) is 28.2 Å². The van der Waals surface area contributed by atoms with Gasteiger partial charge < -0.3 is 21.2 Å². The van der Waals surface area contributed by atoms with Gasteiger partial charge in [0.05, 0.1) is 6.04 Å². The van der Waals surface area contributed by atoms with Crippen LogP contribution in [-0.2, 0) is 0 Å². The number of carbonyl (C=O) groups is 1. The summed E-state index contributed by atoms with van der Waals surface area (Å²) in [7, 11) is 0. The highest BCUT2D eigenvalue weighted by Crippen LogP contribution is 2.24. The van der Waals surface area contributed by atoms with Gasteiger partial charge in [0.2, 0.25) is 0 Å². The zero-order valence-corrected chi connectivity index (χ0v) is 12.7. The molecular formula is C13H16Cl2N4O2. The summed E-state index contributed by atoms with van der Waals surface area (Å²) in [5, 5.41) is 15.4. The molecule has 1 aliphatic rings. The monoisotopic (exact) mass is 330 g/mol. The second kappa shape index (κ2) is 6.87. The van der Waals surface area contributed by atoms with E-state index in [9.17, 15) is 4.79 Å². The third-order valence-corrected chi connectivity index (χ3v) is 3.77. The molecule has 1 saturated heterocycles. The highest BCUT2D eigenvalue weighted by Gasteiger charge is 2.29. The van der Waals surface area contributed by atoms with Crippen LogP contribution in [-0.4, -0.2) is 34.6 Å². The number of amides is 2. The molecule has 2 amide bonds. The SMILES string of the molecule is N/C(=N/O)C1CCCCN1C(=O)Nc1cc(Cl)cc(Cl)c1. The first-order valence-electron chi connectivity index (χ1n) is 6.52. The van der Waals surface area contributed by atoms with Crippen LogP contribution in [0.25, 0.3) is 0 Å². The summed E-state index contributed by atoms with van der Waals surface area (Å²) < 4.78 is 0. The molecule has 2 rings (SSSR count). The fraction of sp³-hybridized carbons (Fsp3) is 0.385. The summed E-state index contributed by atoms with van der Waals surface area (Å²) in [5.74, 6) is 0.0361. The molecule has 6 nitrogen and oxygen atoms in total. The average Bonchev–Trinajstić information content (AvgIpc) is 2.45. The second-order valence-electron chi connectivity index (χ2n) is 4.82. The van der Waals surface area contributed by atoms with Crippen LogP contribution in [0.2, 0.25) is 10.0 Å². The normalized spacial score (nSPS) is 19.4. The number of nitrogens with zero attached hydrogens (tertiary/aromatic N) is 2. The van der Waals surface area contributed by atoms with Crippen LogP contribution in [0.5, 0.6) is 0 Å². The van der Waals surface area contributed by atoms with E-state index in [4.69, 9.17) is 34.1 Å². The van der Waals surface area contributed by atoms with Crippen molar-refractivity contribution >= 4 is 40.8 Å². The Morgan fingerprint density at radius 3 is 2.62 bits per heavy atom. The van der Waals surface area contributed by atoms with Gasteiger partial charge in [-0.2, -0.15) is 0 Å². The lowest BCUT2D eigenvalue weighted by atomic mass is 10.0. The Hall–Kier alpha value is -1.66. The van der Waals surface area contributed by atoms with Crippen LogP contribution in [0.15, 0.2) is 23.4 Å². The minimum absolute atomic E-state index is 0.0361.